The van der Waals surface area contributed by atoms with E-state index in [1.54, 1.807) is 24.3 Å². The van der Waals surface area contributed by atoms with Crippen LogP contribution in [0.3, 0.4) is 0 Å². The number of ether oxygens (including phenoxy) is 1. The molecule has 3 N–H and O–H groups in total. The Kier molecular flexibility index (Phi) is 4.85. The van der Waals surface area contributed by atoms with Crippen molar-refractivity contribution in [3.8, 4) is 23.3 Å². The lowest BCUT2D eigenvalue weighted by atomic mass is 10.1. The fraction of sp³-hybridized carbons (Fsp3) is 0.0588. The van der Waals surface area contributed by atoms with Crippen LogP contribution in [0.15, 0.2) is 48.0 Å². The molecule has 0 atom stereocenters. The molecule has 1 amide bonds. The van der Waals surface area contributed by atoms with Crippen molar-refractivity contribution in [1.82, 2.24) is 0 Å². The van der Waals surface area contributed by atoms with Crippen LogP contribution in [-0.4, -0.2) is 23.2 Å². The number of aromatic hydroxyl groups is 2. The highest BCUT2D eigenvalue weighted by Gasteiger charge is 2.12. The lowest BCUT2D eigenvalue weighted by Crippen LogP contribution is -2.13. The Morgan fingerprint density at radius 1 is 1.22 bits per heavy atom. The van der Waals surface area contributed by atoms with Gasteiger partial charge < -0.3 is 20.3 Å². The van der Waals surface area contributed by atoms with Gasteiger partial charge in [-0.2, -0.15) is 5.26 Å². The number of nitriles is 1. The van der Waals surface area contributed by atoms with Crippen LogP contribution in [0.5, 0.6) is 17.2 Å². The Balaban J connectivity index is 2.27. The molecule has 2 rings (SSSR count). The number of rotatable bonds is 4. The average molecular weight is 310 g/mol. The maximum atomic E-state index is 12.1. The summed E-state index contributed by atoms with van der Waals surface area (Å²) in [7, 11) is 1.40. The molecule has 0 aliphatic rings. The van der Waals surface area contributed by atoms with Crippen LogP contribution in [0.25, 0.3) is 6.08 Å². The van der Waals surface area contributed by atoms with Gasteiger partial charge in [0.15, 0.2) is 11.5 Å². The van der Waals surface area contributed by atoms with Gasteiger partial charge in [0.2, 0.25) is 0 Å². The molecule has 0 saturated heterocycles. The van der Waals surface area contributed by atoms with Gasteiger partial charge in [-0.15, -0.1) is 0 Å². The largest absolute Gasteiger partial charge is 0.506 e. The number of para-hydroxylation sites is 2. The third-order valence-electron chi connectivity index (χ3n) is 3.03. The van der Waals surface area contributed by atoms with Crippen molar-refractivity contribution >= 4 is 17.7 Å². The van der Waals surface area contributed by atoms with E-state index in [0.29, 0.717) is 5.56 Å². The number of nitrogens with zero attached hydrogens (tertiary/aromatic N) is 1. The predicted octanol–water partition coefficient (Wildman–Crippen LogP) is 2.65. The van der Waals surface area contributed by atoms with Crippen LogP contribution >= 0.6 is 0 Å². The molecule has 6 nitrogen and oxygen atoms in total. The Morgan fingerprint density at radius 2 is 1.96 bits per heavy atom. The molecule has 0 unspecified atom stereocenters. The lowest BCUT2D eigenvalue weighted by Gasteiger charge is -2.07. The van der Waals surface area contributed by atoms with Crippen LogP contribution < -0.4 is 10.1 Å². The number of anilines is 1. The highest BCUT2D eigenvalue weighted by atomic mass is 16.5. The molecule has 23 heavy (non-hydrogen) atoms. The number of amides is 1. The van der Waals surface area contributed by atoms with E-state index in [0.717, 1.165) is 0 Å². The van der Waals surface area contributed by atoms with Gasteiger partial charge >= 0.3 is 0 Å². The van der Waals surface area contributed by atoms with Crippen LogP contribution in [0.4, 0.5) is 5.69 Å². The number of hydrogen-bond donors (Lipinski definition) is 3. The molecule has 0 aliphatic heterocycles. The number of methoxy groups -OCH3 is 1. The maximum Gasteiger partial charge on any atom is 0.266 e. The third kappa shape index (κ3) is 3.80. The average Bonchev–Trinajstić information content (AvgIpc) is 2.56. The van der Waals surface area contributed by atoms with Gasteiger partial charge in [0.1, 0.15) is 17.4 Å². The van der Waals surface area contributed by atoms with Gasteiger partial charge in [0, 0.05) is 0 Å². The van der Waals surface area contributed by atoms with Crippen LogP contribution in [-0.2, 0) is 4.79 Å². The molecule has 0 fully saturated rings. The summed E-state index contributed by atoms with van der Waals surface area (Å²) >= 11 is 0. The molecule has 2 aromatic carbocycles. The summed E-state index contributed by atoms with van der Waals surface area (Å²) in [4.78, 5) is 12.1. The van der Waals surface area contributed by atoms with Crippen molar-refractivity contribution in [3.63, 3.8) is 0 Å². The standard InChI is InChI=1S/C17H14N2O4/c1-23-16-9-11(6-7-15(16)21)8-12(10-18)17(22)19-13-4-2-3-5-14(13)20/h2-9,20-21H,1H3,(H,19,22)/b12-8-. The van der Waals surface area contributed by atoms with E-state index < -0.39 is 5.91 Å². The second-order valence-electron chi connectivity index (χ2n) is 4.57. The molecule has 6 heteroatoms. The van der Waals surface area contributed by atoms with Crippen molar-refractivity contribution in [2.75, 3.05) is 12.4 Å². The number of nitrogens with one attached hydrogen (secondary N) is 1. The summed E-state index contributed by atoms with van der Waals surface area (Å²) in [5, 5.41) is 30.8. The highest BCUT2D eigenvalue weighted by molar-refractivity contribution is 6.10. The molecule has 116 valence electrons. The summed E-state index contributed by atoms with van der Waals surface area (Å²) in [6.45, 7) is 0. The second kappa shape index (κ2) is 7.00. The minimum atomic E-state index is -0.652. The van der Waals surface area contributed by atoms with Crippen molar-refractivity contribution < 1.29 is 19.7 Å². The maximum absolute atomic E-state index is 12.1. The van der Waals surface area contributed by atoms with Gasteiger partial charge in [-0.3, -0.25) is 4.79 Å². The molecule has 2 aromatic rings. The zero-order valence-corrected chi connectivity index (χ0v) is 12.3. The Labute approximate surface area is 132 Å². The van der Waals surface area contributed by atoms with E-state index in [1.807, 2.05) is 0 Å². The number of carbonyl (C=O) groups is 1. The quantitative estimate of drug-likeness (QED) is 0.457. The van der Waals surface area contributed by atoms with E-state index in [9.17, 15) is 15.0 Å². The summed E-state index contributed by atoms with van der Waals surface area (Å²) in [6.07, 6.45) is 1.36. The number of carbonyl (C=O) groups excluding carboxylic acids is 1. The van der Waals surface area contributed by atoms with E-state index in [1.165, 1.54) is 37.5 Å². The topological polar surface area (TPSA) is 103 Å². The molecular weight excluding hydrogens is 296 g/mol. The van der Waals surface area contributed by atoms with Crippen molar-refractivity contribution in [3.05, 3.63) is 53.6 Å². The monoisotopic (exact) mass is 310 g/mol. The van der Waals surface area contributed by atoms with Crippen molar-refractivity contribution in [1.29, 1.82) is 5.26 Å². The minimum absolute atomic E-state index is 0.0400. The molecule has 0 radical (unpaired) electrons. The molecule has 0 heterocycles. The van der Waals surface area contributed by atoms with Gasteiger partial charge in [0.25, 0.3) is 5.91 Å². The Morgan fingerprint density at radius 3 is 2.61 bits per heavy atom. The Bertz CT molecular complexity index is 806. The zero-order chi connectivity index (χ0) is 16.8. The first kappa shape index (κ1) is 15.9. The smallest absolute Gasteiger partial charge is 0.266 e. The predicted molar refractivity (Wildman–Crippen MR) is 85.0 cm³/mol. The third-order valence-corrected chi connectivity index (χ3v) is 3.03. The zero-order valence-electron chi connectivity index (χ0n) is 12.3. The molecule has 0 aliphatic carbocycles. The van der Waals surface area contributed by atoms with Crippen LogP contribution in [0.2, 0.25) is 0 Å². The fourth-order valence-corrected chi connectivity index (χ4v) is 1.87. The Hall–Kier alpha value is -3.46. The summed E-state index contributed by atoms with van der Waals surface area (Å²) in [5.74, 6) is -0.551. The van der Waals surface area contributed by atoms with Crippen molar-refractivity contribution in [2.24, 2.45) is 0 Å². The van der Waals surface area contributed by atoms with Crippen molar-refractivity contribution in [2.45, 2.75) is 0 Å². The SMILES string of the molecule is COc1cc(/C=C(/C#N)C(=O)Nc2ccccc2O)ccc1O. The van der Waals surface area contributed by atoms with Gasteiger partial charge in [-0.25, -0.2) is 0 Å². The number of phenolic OH excluding ortho intramolecular Hbond substituents is 2. The number of benzene rings is 2. The van der Waals surface area contributed by atoms with Crippen LogP contribution in [0.1, 0.15) is 5.56 Å². The highest BCUT2D eigenvalue weighted by Crippen LogP contribution is 2.27. The molecule has 0 bridgehead atoms. The molecule has 0 saturated carbocycles. The molecule has 0 spiro atoms. The fourth-order valence-electron chi connectivity index (χ4n) is 1.87. The number of hydrogen-bond acceptors (Lipinski definition) is 5. The van der Waals surface area contributed by atoms with E-state index in [-0.39, 0.29) is 28.5 Å². The first-order chi connectivity index (χ1) is 11.0. The summed E-state index contributed by atoms with van der Waals surface area (Å²) < 4.78 is 4.98. The number of phenols is 2. The van der Waals surface area contributed by atoms with E-state index in [2.05, 4.69) is 5.32 Å². The van der Waals surface area contributed by atoms with Gasteiger partial charge in [-0.05, 0) is 35.9 Å². The first-order valence-corrected chi connectivity index (χ1v) is 6.63. The molecule has 0 aromatic heterocycles. The first-order valence-electron chi connectivity index (χ1n) is 6.63. The second-order valence-corrected chi connectivity index (χ2v) is 4.57. The summed E-state index contributed by atoms with van der Waals surface area (Å²) in [5.41, 5.74) is 0.576. The van der Waals surface area contributed by atoms with E-state index >= 15 is 0 Å². The molecular formula is C17H14N2O4. The van der Waals surface area contributed by atoms with Gasteiger partial charge in [0.05, 0.1) is 12.8 Å². The van der Waals surface area contributed by atoms with Crippen LogP contribution in [0, 0.1) is 11.3 Å². The minimum Gasteiger partial charge on any atom is -0.506 e. The normalized spacial score (nSPS) is 10.7. The van der Waals surface area contributed by atoms with Gasteiger partial charge in [-0.1, -0.05) is 18.2 Å². The summed E-state index contributed by atoms with van der Waals surface area (Å²) in [6, 6.07) is 12.5. The lowest BCUT2D eigenvalue weighted by molar-refractivity contribution is -0.112. The van der Waals surface area contributed by atoms with E-state index in [4.69, 9.17) is 10.00 Å².